The second-order valence-electron chi connectivity index (χ2n) is 4.54. The smallest absolute Gasteiger partial charge is 0.343 e. The minimum atomic E-state index is -0.628. The van der Waals surface area contributed by atoms with Crippen LogP contribution in [0, 0.1) is 0 Å². The van der Waals surface area contributed by atoms with Gasteiger partial charge in [0.15, 0.2) is 5.82 Å². The van der Waals surface area contributed by atoms with Crippen LogP contribution in [0.2, 0.25) is 0 Å². The van der Waals surface area contributed by atoms with Crippen LogP contribution in [-0.2, 0) is 20.7 Å². The predicted octanol–water partition coefficient (Wildman–Crippen LogP) is 0.858. The molecule has 0 spiro atoms. The van der Waals surface area contributed by atoms with E-state index in [1.165, 1.54) is 19.2 Å². The monoisotopic (exact) mass is 304 g/mol. The largest absolute Gasteiger partial charge is 0.462 e. The molecule has 22 heavy (non-hydrogen) atoms. The minimum absolute atomic E-state index is 0.0594. The number of hydrazine groups is 1. The van der Waals surface area contributed by atoms with Gasteiger partial charge in [-0.05, 0) is 13.8 Å². The summed E-state index contributed by atoms with van der Waals surface area (Å²) in [6.45, 7) is 5.25. The Morgan fingerprint density at radius 1 is 1.36 bits per heavy atom. The van der Waals surface area contributed by atoms with Gasteiger partial charge < -0.3 is 4.74 Å². The van der Waals surface area contributed by atoms with Gasteiger partial charge in [-0.1, -0.05) is 6.92 Å². The van der Waals surface area contributed by atoms with E-state index in [1.54, 1.807) is 6.92 Å². The predicted molar refractivity (Wildman–Crippen MR) is 76.6 cm³/mol. The molecule has 0 saturated carbocycles. The highest BCUT2D eigenvalue weighted by Gasteiger charge is 2.30. The van der Waals surface area contributed by atoms with Gasteiger partial charge in [0.1, 0.15) is 11.4 Å². The maximum atomic E-state index is 11.9. The normalized spacial score (nSPS) is 14.1. The van der Waals surface area contributed by atoms with Crippen LogP contribution >= 0.6 is 0 Å². The van der Waals surface area contributed by atoms with Crippen molar-refractivity contribution in [3.05, 3.63) is 29.2 Å². The van der Waals surface area contributed by atoms with E-state index in [0.717, 1.165) is 5.01 Å². The number of rotatable bonds is 5. The summed E-state index contributed by atoms with van der Waals surface area (Å²) < 4.78 is 4.92. The summed E-state index contributed by atoms with van der Waals surface area (Å²) in [6.07, 6.45) is 3.07. The quantitative estimate of drug-likeness (QED) is 0.635. The SMILES string of the molecule is CCOC(=O)c1cnc(CC)nc1NN1C(=O)C=C(C)C1=O. The molecule has 1 aromatic heterocycles. The van der Waals surface area contributed by atoms with Crippen molar-refractivity contribution in [3.63, 3.8) is 0 Å². The van der Waals surface area contributed by atoms with E-state index in [4.69, 9.17) is 4.74 Å². The first-order valence-electron chi connectivity index (χ1n) is 6.84. The average molecular weight is 304 g/mol. The third kappa shape index (κ3) is 2.95. The maximum Gasteiger partial charge on any atom is 0.343 e. The zero-order valence-corrected chi connectivity index (χ0v) is 12.5. The van der Waals surface area contributed by atoms with Crippen molar-refractivity contribution < 1.29 is 19.1 Å². The van der Waals surface area contributed by atoms with E-state index in [9.17, 15) is 14.4 Å². The van der Waals surface area contributed by atoms with Crippen LogP contribution in [0.4, 0.5) is 5.82 Å². The van der Waals surface area contributed by atoms with Crippen molar-refractivity contribution in [3.8, 4) is 0 Å². The van der Waals surface area contributed by atoms with Crippen molar-refractivity contribution in [1.82, 2.24) is 15.0 Å². The number of aryl methyl sites for hydroxylation is 1. The number of esters is 1. The summed E-state index contributed by atoms with van der Waals surface area (Å²) in [5, 5.41) is 0.805. The fourth-order valence-electron chi connectivity index (χ4n) is 1.83. The van der Waals surface area contributed by atoms with Crippen LogP contribution in [0.15, 0.2) is 17.8 Å². The Labute approximate surface area is 127 Å². The van der Waals surface area contributed by atoms with Gasteiger partial charge in [0.25, 0.3) is 11.8 Å². The summed E-state index contributed by atoms with van der Waals surface area (Å²) in [7, 11) is 0. The first-order valence-corrected chi connectivity index (χ1v) is 6.84. The van der Waals surface area contributed by atoms with Crippen molar-refractivity contribution in [2.45, 2.75) is 27.2 Å². The number of hydrogen-bond acceptors (Lipinski definition) is 7. The summed E-state index contributed by atoms with van der Waals surface area (Å²) in [5.41, 5.74) is 2.95. The average Bonchev–Trinajstić information content (AvgIpc) is 2.73. The molecule has 0 saturated heterocycles. The van der Waals surface area contributed by atoms with Crippen LogP contribution < -0.4 is 5.43 Å². The van der Waals surface area contributed by atoms with Gasteiger partial charge in [0.05, 0.1) is 6.61 Å². The maximum absolute atomic E-state index is 11.9. The Kier molecular flexibility index (Phi) is 4.50. The van der Waals surface area contributed by atoms with Crippen molar-refractivity contribution in [1.29, 1.82) is 0 Å². The van der Waals surface area contributed by atoms with Crippen molar-refractivity contribution in [2.24, 2.45) is 0 Å². The van der Waals surface area contributed by atoms with Gasteiger partial charge in [-0.2, -0.15) is 5.01 Å². The lowest BCUT2D eigenvalue weighted by Crippen LogP contribution is -2.37. The zero-order valence-electron chi connectivity index (χ0n) is 12.5. The zero-order chi connectivity index (χ0) is 16.3. The molecule has 2 amide bonds. The number of ether oxygens (including phenoxy) is 1. The lowest BCUT2D eigenvalue weighted by Gasteiger charge is -2.18. The van der Waals surface area contributed by atoms with Gasteiger partial charge in [0.2, 0.25) is 0 Å². The first kappa shape index (κ1) is 15.6. The molecule has 8 heteroatoms. The van der Waals surface area contributed by atoms with Gasteiger partial charge >= 0.3 is 5.97 Å². The lowest BCUT2D eigenvalue weighted by molar-refractivity contribution is -0.135. The molecule has 2 rings (SSSR count). The van der Waals surface area contributed by atoms with Gasteiger partial charge in [-0.15, -0.1) is 0 Å². The second-order valence-corrected chi connectivity index (χ2v) is 4.54. The molecule has 0 radical (unpaired) electrons. The second kappa shape index (κ2) is 6.33. The molecule has 8 nitrogen and oxygen atoms in total. The number of anilines is 1. The van der Waals surface area contributed by atoms with Crippen molar-refractivity contribution >= 4 is 23.6 Å². The number of amides is 2. The van der Waals surface area contributed by atoms with Crippen LogP contribution in [0.1, 0.15) is 37.0 Å². The highest BCUT2D eigenvalue weighted by atomic mass is 16.5. The standard InChI is InChI=1S/C14H16N4O4/c1-4-10-15-7-9(14(21)22-5-2)12(16-10)17-18-11(19)6-8(3)13(18)20/h6-7H,4-5H2,1-3H3,(H,15,16,17). The molecule has 1 N–H and O–H groups in total. The highest BCUT2D eigenvalue weighted by molar-refractivity contribution is 6.16. The molecule has 2 heterocycles. The molecule has 0 fully saturated rings. The number of carbonyl (C=O) groups is 3. The third-order valence-corrected chi connectivity index (χ3v) is 2.97. The highest BCUT2D eigenvalue weighted by Crippen LogP contribution is 2.18. The van der Waals surface area contributed by atoms with Crippen LogP contribution in [-0.4, -0.2) is 39.4 Å². The fraction of sp³-hybridized carbons (Fsp3) is 0.357. The molecule has 0 unspecified atom stereocenters. The van der Waals surface area contributed by atoms with Crippen LogP contribution in [0.3, 0.4) is 0 Å². The number of aromatic nitrogens is 2. The Bertz CT molecular complexity index is 669. The van der Waals surface area contributed by atoms with Crippen LogP contribution in [0.5, 0.6) is 0 Å². The molecule has 0 atom stereocenters. The molecule has 116 valence electrons. The molecule has 0 aromatic carbocycles. The van der Waals surface area contributed by atoms with Crippen LogP contribution in [0.25, 0.3) is 0 Å². The van der Waals surface area contributed by atoms with E-state index >= 15 is 0 Å². The number of nitrogens with zero attached hydrogens (tertiary/aromatic N) is 3. The summed E-state index contributed by atoms with van der Waals surface area (Å²) >= 11 is 0. The van der Waals surface area contributed by atoms with E-state index in [-0.39, 0.29) is 18.0 Å². The van der Waals surface area contributed by atoms with Gasteiger partial charge in [0, 0.05) is 24.3 Å². The number of imide groups is 1. The Morgan fingerprint density at radius 2 is 2.09 bits per heavy atom. The minimum Gasteiger partial charge on any atom is -0.462 e. The van der Waals surface area contributed by atoms with E-state index < -0.39 is 17.8 Å². The Balaban J connectivity index is 2.34. The molecule has 1 aromatic rings. The topological polar surface area (TPSA) is 101 Å². The van der Waals surface area contributed by atoms with Crippen molar-refractivity contribution in [2.75, 3.05) is 12.0 Å². The number of hydrogen-bond donors (Lipinski definition) is 1. The third-order valence-electron chi connectivity index (χ3n) is 2.97. The molecule has 1 aliphatic heterocycles. The fourth-order valence-corrected chi connectivity index (χ4v) is 1.83. The lowest BCUT2D eigenvalue weighted by atomic mass is 10.3. The summed E-state index contributed by atoms with van der Waals surface area (Å²) in [4.78, 5) is 43.8. The molecule has 0 bridgehead atoms. The van der Waals surface area contributed by atoms with E-state index in [2.05, 4.69) is 15.4 Å². The molecule has 0 aliphatic carbocycles. The van der Waals surface area contributed by atoms with Gasteiger partial charge in [-0.3, -0.25) is 15.0 Å². The summed E-state index contributed by atoms with van der Waals surface area (Å²) in [5.74, 6) is -1.10. The Morgan fingerprint density at radius 3 is 2.64 bits per heavy atom. The molecular formula is C14H16N4O4. The van der Waals surface area contributed by atoms with E-state index in [1.807, 2.05) is 6.92 Å². The Hall–Kier alpha value is -2.77. The summed E-state index contributed by atoms with van der Waals surface area (Å²) in [6, 6.07) is 0. The van der Waals surface area contributed by atoms with Gasteiger partial charge in [-0.25, -0.2) is 14.8 Å². The molecular weight excluding hydrogens is 288 g/mol. The number of nitrogens with one attached hydrogen (secondary N) is 1. The van der Waals surface area contributed by atoms with E-state index in [0.29, 0.717) is 17.8 Å². The number of carbonyl (C=O) groups excluding carboxylic acids is 3. The molecule has 1 aliphatic rings. The first-order chi connectivity index (χ1) is 10.5.